The van der Waals surface area contributed by atoms with Crippen LogP contribution < -0.4 is 10.2 Å². The van der Waals surface area contributed by atoms with Crippen molar-refractivity contribution in [2.45, 2.75) is 20.4 Å². The van der Waals surface area contributed by atoms with E-state index in [2.05, 4.69) is 15.6 Å². The fraction of sp³-hybridized carbons (Fsp3) is 0.267. The topological polar surface area (TPSA) is 112 Å². The molecule has 1 aromatic carbocycles. The molecule has 0 unspecified atom stereocenters. The Bertz CT molecular complexity index is 780. The Hall–Kier alpha value is -3.23. The Balaban J connectivity index is 2.00. The van der Waals surface area contributed by atoms with Crippen LogP contribution in [0.4, 0.5) is 5.82 Å². The molecule has 2 aromatic rings. The minimum atomic E-state index is -0.554. The summed E-state index contributed by atoms with van der Waals surface area (Å²) < 4.78 is 6.48. The maximum atomic E-state index is 12.0. The standard InChI is InChI=1S/C15H17N5O4/c1-10(9-19-11(2)8-14(18-19)20(22)23)16-17-15(21)12-4-6-13(24-3)7-5-12/h4-8H,9H2,1-3H3,(H,17,21)/b16-10-. The molecule has 2 rings (SSSR count). The molecule has 1 amide bonds. The Morgan fingerprint density at radius 3 is 2.62 bits per heavy atom. The minimum Gasteiger partial charge on any atom is -0.497 e. The summed E-state index contributed by atoms with van der Waals surface area (Å²) in [4.78, 5) is 22.1. The molecule has 9 nitrogen and oxygen atoms in total. The van der Waals surface area contributed by atoms with Crippen LogP contribution >= 0.6 is 0 Å². The number of nitrogens with one attached hydrogen (secondary N) is 1. The zero-order chi connectivity index (χ0) is 17.7. The highest BCUT2D eigenvalue weighted by Crippen LogP contribution is 2.12. The van der Waals surface area contributed by atoms with Crippen LogP contribution in [-0.4, -0.2) is 33.4 Å². The van der Waals surface area contributed by atoms with Crippen molar-refractivity contribution >= 4 is 17.4 Å². The lowest BCUT2D eigenvalue weighted by Crippen LogP contribution is -2.21. The van der Waals surface area contributed by atoms with Crippen LogP contribution in [0.25, 0.3) is 0 Å². The summed E-state index contributed by atoms with van der Waals surface area (Å²) in [6, 6.07) is 7.98. The lowest BCUT2D eigenvalue weighted by atomic mass is 10.2. The van der Waals surface area contributed by atoms with Crippen molar-refractivity contribution in [1.29, 1.82) is 0 Å². The molecule has 126 valence electrons. The summed E-state index contributed by atoms with van der Waals surface area (Å²) >= 11 is 0. The molecule has 0 bridgehead atoms. The number of methoxy groups -OCH3 is 1. The normalized spacial score (nSPS) is 11.2. The first-order chi connectivity index (χ1) is 11.4. The number of hydrogen-bond acceptors (Lipinski definition) is 6. The third-order valence-corrected chi connectivity index (χ3v) is 3.23. The summed E-state index contributed by atoms with van der Waals surface area (Å²) in [7, 11) is 1.55. The highest BCUT2D eigenvalue weighted by Gasteiger charge is 2.15. The second kappa shape index (κ2) is 7.36. The number of aryl methyl sites for hydroxylation is 1. The predicted molar refractivity (Wildman–Crippen MR) is 87.2 cm³/mol. The van der Waals surface area contributed by atoms with Gasteiger partial charge in [-0.05, 0) is 43.0 Å². The molecule has 9 heteroatoms. The number of ether oxygens (including phenoxy) is 1. The number of amides is 1. The summed E-state index contributed by atoms with van der Waals surface area (Å²) in [6.07, 6.45) is 0. The van der Waals surface area contributed by atoms with Crippen molar-refractivity contribution in [3.63, 3.8) is 0 Å². The average Bonchev–Trinajstić information content (AvgIpc) is 2.94. The smallest absolute Gasteiger partial charge is 0.390 e. The van der Waals surface area contributed by atoms with Crippen molar-refractivity contribution in [3.8, 4) is 5.75 Å². The highest BCUT2D eigenvalue weighted by atomic mass is 16.6. The number of carbonyl (C=O) groups excluding carboxylic acids is 1. The van der Waals surface area contributed by atoms with E-state index in [4.69, 9.17) is 4.74 Å². The zero-order valence-corrected chi connectivity index (χ0v) is 13.5. The molecule has 0 spiro atoms. The predicted octanol–water partition coefficient (Wildman–Crippen LogP) is 1.91. The molecule has 0 radical (unpaired) electrons. The van der Waals surface area contributed by atoms with E-state index in [1.807, 2.05) is 0 Å². The van der Waals surface area contributed by atoms with Crippen LogP contribution in [0.3, 0.4) is 0 Å². The summed E-state index contributed by atoms with van der Waals surface area (Å²) in [5, 5.41) is 18.6. The average molecular weight is 331 g/mol. The SMILES string of the molecule is COc1ccc(C(=O)N/N=C(/C)Cn2nc([N+](=O)[O-])cc2C)cc1. The summed E-state index contributed by atoms with van der Waals surface area (Å²) in [5.74, 6) is 0.0738. The molecule has 0 atom stereocenters. The van der Waals surface area contributed by atoms with Crippen LogP contribution in [0.2, 0.25) is 0 Å². The van der Waals surface area contributed by atoms with Crippen molar-refractivity contribution in [1.82, 2.24) is 15.2 Å². The van der Waals surface area contributed by atoms with Gasteiger partial charge < -0.3 is 14.9 Å². The van der Waals surface area contributed by atoms with Gasteiger partial charge >= 0.3 is 5.82 Å². The van der Waals surface area contributed by atoms with Crippen molar-refractivity contribution < 1.29 is 14.5 Å². The molecule has 0 aliphatic rings. The number of benzene rings is 1. The van der Waals surface area contributed by atoms with E-state index in [1.165, 1.54) is 10.7 Å². The van der Waals surface area contributed by atoms with Gasteiger partial charge in [-0.2, -0.15) is 9.78 Å². The lowest BCUT2D eigenvalue weighted by Gasteiger charge is -2.04. The maximum Gasteiger partial charge on any atom is 0.390 e. The Morgan fingerprint density at radius 1 is 1.42 bits per heavy atom. The molecule has 0 aliphatic heterocycles. The van der Waals surface area contributed by atoms with E-state index in [-0.39, 0.29) is 18.3 Å². The van der Waals surface area contributed by atoms with E-state index < -0.39 is 4.92 Å². The van der Waals surface area contributed by atoms with E-state index in [0.29, 0.717) is 22.7 Å². The van der Waals surface area contributed by atoms with Gasteiger partial charge in [0.15, 0.2) is 0 Å². The quantitative estimate of drug-likeness (QED) is 0.494. The van der Waals surface area contributed by atoms with Gasteiger partial charge in [0.2, 0.25) is 0 Å². The number of carbonyl (C=O) groups is 1. The second-order valence-electron chi connectivity index (χ2n) is 5.08. The van der Waals surface area contributed by atoms with Crippen molar-refractivity contribution in [2.75, 3.05) is 7.11 Å². The molecule has 1 aromatic heterocycles. The van der Waals surface area contributed by atoms with E-state index in [1.54, 1.807) is 45.2 Å². The molecule has 1 N–H and O–H groups in total. The molecule has 1 heterocycles. The number of nitro groups is 1. The molecular formula is C15H17N5O4. The van der Waals surface area contributed by atoms with Crippen LogP contribution in [-0.2, 0) is 6.54 Å². The van der Waals surface area contributed by atoms with E-state index in [9.17, 15) is 14.9 Å². The fourth-order valence-corrected chi connectivity index (χ4v) is 1.95. The number of aromatic nitrogens is 2. The lowest BCUT2D eigenvalue weighted by molar-refractivity contribution is -0.389. The molecule has 0 saturated heterocycles. The number of hydrazone groups is 1. The van der Waals surface area contributed by atoms with Gasteiger partial charge in [0.25, 0.3) is 5.91 Å². The van der Waals surface area contributed by atoms with Gasteiger partial charge in [-0.1, -0.05) is 0 Å². The van der Waals surface area contributed by atoms with Crippen LogP contribution in [0.5, 0.6) is 5.75 Å². The van der Waals surface area contributed by atoms with Gasteiger partial charge in [0.1, 0.15) is 12.3 Å². The van der Waals surface area contributed by atoms with Gasteiger partial charge in [-0.15, -0.1) is 0 Å². The third-order valence-electron chi connectivity index (χ3n) is 3.23. The first kappa shape index (κ1) is 17.1. The molecule has 0 saturated carbocycles. The van der Waals surface area contributed by atoms with Crippen molar-refractivity contribution in [2.24, 2.45) is 5.10 Å². The molecule has 24 heavy (non-hydrogen) atoms. The monoisotopic (exact) mass is 331 g/mol. The van der Waals surface area contributed by atoms with Gasteiger partial charge in [0, 0.05) is 5.56 Å². The van der Waals surface area contributed by atoms with Gasteiger partial charge in [0.05, 0.1) is 29.7 Å². The van der Waals surface area contributed by atoms with Crippen LogP contribution in [0, 0.1) is 17.0 Å². The summed E-state index contributed by atoms with van der Waals surface area (Å²) in [5.41, 5.74) is 4.07. The Kier molecular flexibility index (Phi) is 5.25. The fourth-order valence-electron chi connectivity index (χ4n) is 1.95. The van der Waals surface area contributed by atoms with E-state index >= 15 is 0 Å². The summed E-state index contributed by atoms with van der Waals surface area (Å²) in [6.45, 7) is 3.65. The molecular weight excluding hydrogens is 314 g/mol. The molecule has 0 fully saturated rings. The van der Waals surface area contributed by atoms with Gasteiger partial charge in [-0.25, -0.2) is 5.43 Å². The van der Waals surface area contributed by atoms with E-state index in [0.717, 1.165) is 0 Å². The number of hydrogen-bond donors (Lipinski definition) is 1. The Labute approximate surface area is 138 Å². The van der Waals surface area contributed by atoms with Crippen LogP contribution in [0.1, 0.15) is 23.0 Å². The second-order valence-corrected chi connectivity index (χ2v) is 5.08. The largest absolute Gasteiger partial charge is 0.497 e. The molecule has 0 aliphatic carbocycles. The Morgan fingerprint density at radius 2 is 2.08 bits per heavy atom. The number of rotatable bonds is 6. The van der Waals surface area contributed by atoms with Crippen molar-refractivity contribution in [3.05, 3.63) is 51.7 Å². The van der Waals surface area contributed by atoms with Crippen LogP contribution in [0.15, 0.2) is 35.4 Å². The first-order valence-electron chi connectivity index (χ1n) is 7.07. The maximum absolute atomic E-state index is 12.0. The zero-order valence-electron chi connectivity index (χ0n) is 13.5. The highest BCUT2D eigenvalue weighted by molar-refractivity contribution is 5.95. The third kappa shape index (κ3) is 4.15. The number of nitrogens with zero attached hydrogens (tertiary/aromatic N) is 4. The minimum absolute atomic E-state index is 0.220. The first-order valence-corrected chi connectivity index (χ1v) is 7.07. The van der Waals surface area contributed by atoms with Gasteiger partial charge in [-0.3, -0.25) is 4.79 Å².